The normalized spacial score (nSPS) is 10.8. The van der Waals surface area contributed by atoms with Crippen LogP contribution >= 0.6 is 0 Å². The van der Waals surface area contributed by atoms with Crippen molar-refractivity contribution in [2.45, 2.75) is 19.8 Å². The fourth-order valence-corrected chi connectivity index (χ4v) is 2.29. The summed E-state index contributed by atoms with van der Waals surface area (Å²) in [5.41, 5.74) is 5.32. The molecule has 0 radical (unpaired) electrons. The topological polar surface area (TPSA) is 25.8 Å². The zero-order chi connectivity index (χ0) is 14.7. The van der Waals surface area contributed by atoms with Gasteiger partial charge in [-0.05, 0) is 30.2 Å². The zero-order valence-electron chi connectivity index (χ0n) is 12.3. The van der Waals surface area contributed by atoms with Gasteiger partial charge < -0.3 is 0 Å². The van der Waals surface area contributed by atoms with E-state index in [1.807, 2.05) is 30.5 Å². The second kappa shape index (κ2) is 5.88. The molecule has 21 heavy (non-hydrogen) atoms. The van der Waals surface area contributed by atoms with Gasteiger partial charge in [0.1, 0.15) is 0 Å². The maximum Gasteiger partial charge on any atom is 0.0708 e. The van der Waals surface area contributed by atoms with Crippen molar-refractivity contribution in [1.29, 1.82) is 0 Å². The highest BCUT2D eigenvalue weighted by Crippen LogP contribution is 2.24. The summed E-state index contributed by atoms with van der Waals surface area (Å²) in [7, 11) is 0. The molecule has 0 spiro atoms. The lowest BCUT2D eigenvalue weighted by Gasteiger charge is -2.08. The third-order valence-electron chi connectivity index (χ3n) is 3.49. The molecule has 0 aliphatic carbocycles. The van der Waals surface area contributed by atoms with Gasteiger partial charge in [-0.2, -0.15) is 0 Å². The Morgan fingerprint density at radius 1 is 0.762 bits per heavy atom. The minimum atomic E-state index is 0.431. The average Bonchev–Trinajstić information content (AvgIpc) is 2.56. The standard InChI is InChI=1S/C19H18N2/c1-14(2)17-9-6-10-18(21-17)16-11-12-20-19(13-16)15-7-4-3-5-8-15/h3-14H,1-2H3. The van der Waals surface area contributed by atoms with Crippen LogP contribution in [0.25, 0.3) is 22.5 Å². The number of benzene rings is 1. The Balaban J connectivity index is 2.02. The predicted molar refractivity (Wildman–Crippen MR) is 87.0 cm³/mol. The molecular formula is C19H18N2. The molecule has 2 heterocycles. The van der Waals surface area contributed by atoms with Crippen LogP contribution in [-0.2, 0) is 0 Å². The van der Waals surface area contributed by atoms with Gasteiger partial charge in [-0.1, -0.05) is 50.2 Å². The molecule has 2 nitrogen and oxygen atoms in total. The summed E-state index contributed by atoms with van der Waals surface area (Å²) in [4.78, 5) is 9.21. The van der Waals surface area contributed by atoms with Gasteiger partial charge in [0.25, 0.3) is 0 Å². The van der Waals surface area contributed by atoms with Gasteiger partial charge in [0.05, 0.1) is 11.4 Å². The van der Waals surface area contributed by atoms with Gasteiger partial charge in [-0.15, -0.1) is 0 Å². The molecule has 3 aromatic rings. The first-order valence-electron chi connectivity index (χ1n) is 7.23. The molecule has 0 saturated heterocycles. The van der Waals surface area contributed by atoms with Crippen molar-refractivity contribution in [1.82, 2.24) is 9.97 Å². The quantitative estimate of drug-likeness (QED) is 0.676. The van der Waals surface area contributed by atoms with Crippen molar-refractivity contribution in [2.24, 2.45) is 0 Å². The number of hydrogen-bond acceptors (Lipinski definition) is 2. The van der Waals surface area contributed by atoms with Gasteiger partial charge in [0.2, 0.25) is 0 Å². The van der Waals surface area contributed by atoms with E-state index in [1.165, 1.54) is 0 Å². The molecule has 0 amide bonds. The molecular weight excluding hydrogens is 256 g/mol. The average molecular weight is 274 g/mol. The first-order valence-corrected chi connectivity index (χ1v) is 7.23. The Morgan fingerprint density at radius 3 is 2.33 bits per heavy atom. The molecule has 0 fully saturated rings. The summed E-state index contributed by atoms with van der Waals surface area (Å²) in [5, 5.41) is 0. The minimum Gasteiger partial charge on any atom is -0.256 e. The molecule has 0 saturated carbocycles. The maximum atomic E-state index is 4.75. The van der Waals surface area contributed by atoms with Crippen molar-refractivity contribution in [3.63, 3.8) is 0 Å². The fraction of sp³-hybridized carbons (Fsp3) is 0.158. The van der Waals surface area contributed by atoms with E-state index in [0.717, 1.165) is 28.2 Å². The third kappa shape index (κ3) is 3.00. The summed E-state index contributed by atoms with van der Waals surface area (Å²) < 4.78 is 0. The van der Waals surface area contributed by atoms with E-state index in [0.29, 0.717) is 5.92 Å². The molecule has 2 aromatic heterocycles. The highest BCUT2D eigenvalue weighted by molar-refractivity contribution is 5.68. The maximum absolute atomic E-state index is 4.75. The number of nitrogens with zero attached hydrogens (tertiary/aromatic N) is 2. The van der Waals surface area contributed by atoms with Gasteiger partial charge in [-0.25, -0.2) is 0 Å². The molecule has 0 aliphatic heterocycles. The van der Waals surface area contributed by atoms with E-state index in [2.05, 4.69) is 55.2 Å². The van der Waals surface area contributed by atoms with Gasteiger partial charge in [0.15, 0.2) is 0 Å². The van der Waals surface area contributed by atoms with Crippen LogP contribution in [0.1, 0.15) is 25.5 Å². The first kappa shape index (κ1) is 13.5. The van der Waals surface area contributed by atoms with E-state index in [4.69, 9.17) is 4.98 Å². The molecule has 2 heteroatoms. The van der Waals surface area contributed by atoms with Gasteiger partial charge in [0, 0.05) is 23.0 Å². The van der Waals surface area contributed by atoms with Crippen LogP contribution in [0.3, 0.4) is 0 Å². The smallest absolute Gasteiger partial charge is 0.0708 e. The third-order valence-corrected chi connectivity index (χ3v) is 3.49. The predicted octanol–water partition coefficient (Wildman–Crippen LogP) is 4.93. The van der Waals surface area contributed by atoms with E-state index < -0.39 is 0 Å². The molecule has 0 aliphatic rings. The van der Waals surface area contributed by atoms with Crippen LogP contribution in [0.15, 0.2) is 66.9 Å². The fourth-order valence-electron chi connectivity index (χ4n) is 2.29. The summed E-state index contributed by atoms with van der Waals surface area (Å²) >= 11 is 0. The first-order chi connectivity index (χ1) is 10.2. The highest BCUT2D eigenvalue weighted by Gasteiger charge is 2.06. The second-order valence-corrected chi connectivity index (χ2v) is 5.40. The SMILES string of the molecule is CC(C)c1cccc(-c2ccnc(-c3ccccc3)c2)n1. The summed E-state index contributed by atoms with van der Waals surface area (Å²) in [6, 6.07) is 20.5. The van der Waals surface area contributed by atoms with Crippen LogP contribution in [0.5, 0.6) is 0 Å². The van der Waals surface area contributed by atoms with Crippen molar-refractivity contribution < 1.29 is 0 Å². The molecule has 3 rings (SSSR count). The van der Waals surface area contributed by atoms with Gasteiger partial charge in [-0.3, -0.25) is 9.97 Å². The summed E-state index contributed by atoms with van der Waals surface area (Å²) in [5.74, 6) is 0.431. The summed E-state index contributed by atoms with van der Waals surface area (Å²) in [6.07, 6.45) is 1.85. The largest absolute Gasteiger partial charge is 0.256 e. The number of rotatable bonds is 3. The van der Waals surface area contributed by atoms with Crippen LogP contribution in [0.4, 0.5) is 0 Å². The van der Waals surface area contributed by atoms with Crippen LogP contribution in [-0.4, -0.2) is 9.97 Å². The molecule has 1 aromatic carbocycles. The van der Waals surface area contributed by atoms with Crippen LogP contribution in [0.2, 0.25) is 0 Å². The number of pyridine rings is 2. The van der Waals surface area contributed by atoms with Crippen molar-refractivity contribution in [2.75, 3.05) is 0 Å². The molecule has 0 unspecified atom stereocenters. The van der Waals surface area contributed by atoms with E-state index in [9.17, 15) is 0 Å². The Kier molecular flexibility index (Phi) is 3.78. The zero-order valence-corrected chi connectivity index (χ0v) is 12.3. The second-order valence-electron chi connectivity index (χ2n) is 5.40. The molecule has 0 atom stereocenters. The lowest BCUT2D eigenvalue weighted by atomic mass is 10.1. The lowest BCUT2D eigenvalue weighted by molar-refractivity contribution is 0.824. The molecule has 104 valence electrons. The Bertz CT molecular complexity index is 733. The van der Waals surface area contributed by atoms with Crippen molar-refractivity contribution in [3.8, 4) is 22.5 Å². The van der Waals surface area contributed by atoms with E-state index in [-0.39, 0.29) is 0 Å². The highest BCUT2D eigenvalue weighted by atomic mass is 14.7. The van der Waals surface area contributed by atoms with Gasteiger partial charge >= 0.3 is 0 Å². The van der Waals surface area contributed by atoms with Crippen LogP contribution in [0, 0.1) is 0 Å². The van der Waals surface area contributed by atoms with E-state index in [1.54, 1.807) is 0 Å². The minimum absolute atomic E-state index is 0.431. The number of hydrogen-bond donors (Lipinski definition) is 0. The molecule has 0 N–H and O–H groups in total. The van der Waals surface area contributed by atoms with Crippen molar-refractivity contribution >= 4 is 0 Å². The van der Waals surface area contributed by atoms with Crippen LogP contribution < -0.4 is 0 Å². The Labute approximate surface area is 125 Å². The lowest BCUT2D eigenvalue weighted by Crippen LogP contribution is -1.94. The Hall–Kier alpha value is -2.48. The summed E-state index contributed by atoms with van der Waals surface area (Å²) in [6.45, 7) is 4.32. The van der Waals surface area contributed by atoms with E-state index >= 15 is 0 Å². The number of aromatic nitrogens is 2. The monoisotopic (exact) mass is 274 g/mol. The Morgan fingerprint density at radius 2 is 1.57 bits per heavy atom. The molecule has 0 bridgehead atoms. The van der Waals surface area contributed by atoms with Crippen molar-refractivity contribution in [3.05, 3.63) is 72.6 Å².